The molecule has 0 fully saturated rings. The molecule has 0 radical (unpaired) electrons. The first-order valence-corrected chi connectivity index (χ1v) is 6.66. The number of nitrogens with one attached hydrogen (secondary N) is 1. The van der Waals surface area contributed by atoms with Crippen molar-refractivity contribution in [2.75, 3.05) is 27.3 Å². The first-order chi connectivity index (χ1) is 8.71. The highest BCUT2D eigenvalue weighted by Crippen LogP contribution is 2.11. The Kier molecular flexibility index (Phi) is 6.94. The van der Waals surface area contributed by atoms with Gasteiger partial charge in [0, 0.05) is 26.2 Å². The highest BCUT2D eigenvalue weighted by Gasteiger charge is 2.12. The molecule has 0 aliphatic carbocycles. The van der Waals surface area contributed by atoms with Gasteiger partial charge in [0.15, 0.2) is 0 Å². The predicted molar refractivity (Wildman–Crippen MR) is 76.6 cm³/mol. The molecule has 0 amide bonds. The number of methoxy groups -OCH3 is 1. The minimum Gasteiger partial charge on any atom is -0.383 e. The number of ether oxygens (including phenoxy) is 1. The Labute approximate surface area is 111 Å². The van der Waals surface area contributed by atoms with Crippen LogP contribution in [0.1, 0.15) is 25.0 Å². The maximum Gasteiger partial charge on any atom is 0.0615 e. The number of nitrogens with zero attached hydrogens (tertiary/aromatic N) is 1. The van der Waals surface area contributed by atoms with Crippen LogP contribution < -0.4 is 5.32 Å². The van der Waals surface area contributed by atoms with E-state index in [9.17, 15) is 0 Å². The van der Waals surface area contributed by atoms with Crippen LogP contribution in [0.5, 0.6) is 0 Å². The van der Waals surface area contributed by atoms with Crippen molar-refractivity contribution in [3.63, 3.8) is 0 Å². The van der Waals surface area contributed by atoms with E-state index >= 15 is 0 Å². The molecule has 0 aliphatic rings. The summed E-state index contributed by atoms with van der Waals surface area (Å²) < 4.78 is 5.23. The van der Waals surface area contributed by atoms with Gasteiger partial charge in [-0.1, -0.05) is 31.2 Å². The van der Waals surface area contributed by atoms with Crippen molar-refractivity contribution in [2.45, 2.75) is 33.0 Å². The van der Waals surface area contributed by atoms with Crippen LogP contribution in [-0.4, -0.2) is 38.3 Å². The minimum absolute atomic E-state index is 0.452. The fraction of sp³-hybridized carbons (Fsp3) is 0.600. The van der Waals surface area contributed by atoms with Gasteiger partial charge in [-0.2, -0.15) is 0 Å². The summed E-state index contributed by atoms with van der Waals surface area (Å²) in [6, 6.07) is 9.22. The molecule has 0 heterocycles. The van der Waals surface area contributed by atoms with Gasteiger partial charge in [0.1, 0.15) is 0 Å². The van der Waals surface area contributed by atoms with Crippen molar-refractivity contribution in [1.29, 1.82) is 0 Å². The lowest BCUT2D eigenvalue weighted by molar-refractivity contribution is 0.0982. The summed E-state index contributed by atoms with van der Waals surface area (Å²) in [5.74, 6) is 0. The minimum atomic E-state index is 0.452. The maximum atomic E-state index is 5.23. The van der Waals surface area contributed by atoms with Gasteiger partial charge in [-0.15, -0.1) is 0 Å². The standard InChI is InChI=1S/C15H26N2O/c1-5-17(13(2)12-18-4)11-15-8-6-7-14(9-15)10-16-3/h6-9,13,16H,5,10-12H2,1-4H3. The summed E-state index contributed by atoms with van der Waals surface area (Å²) in [5.41, 5.74) is 2.71. The molecule has 1 unspecified atom stereocenters. The van der Waals surface area contributed by atoms with Gasteiger partial charge in [0.25, 0.3) is 0 Å². The highest BCUT2D eigenvalue weighted by molar-refractivity contribution is 5.23. The van der Waals surface area contributed by atoms with Crippen LogP contribution in [0.15, 0.2) is 24.3 Å². The Morgan fingerprint density at radius 3 is 2.67 bits per heavy atom. The van der Waals surface area contributed by atoms with Crippen molar-refractivity contribution in [1.82, 2.24) is 10.2 Å². The average Bonchev–Trinajstić information content (AvgIpc) is 2.37. The Balaban J connectivity index is 2.66. The molecule has 3 nitrogen and oxygen atoms in total. The fourth-order valence-corrected chi connectivity index (χ4v) is 2.20. The predicted octanol–water partition coefficient (Wildman–Crippen LogP) is 2.26. The lowest BCUT2D eigenvalue weighted by Gasteiger charge is -2.27. The normalized spacial score (nSPS) is 12.9. The second kappa shape index (κ2) is 8.25. The summed E-state index contributed by atoms with van der Waals surface area (Å²) in [6.07, 6.45) is 0. The molecule has 1 aromatic carbocycles. The molecule has 1 aromatic rings. The molecule has 0 aliphatic heterocycles. The average molecular weight is 250 g/mol. The van der Waals surface area contributed by atoms with E-state index in [4.69, 9.17) is 4.74 Å². The van der Waals surface area contributed by atoms with E-state index in [-0.39, 0.29) is 0 Å². The smallest absolute Gasteiger partial charge is 0.0615 e. The zero-order valence-corrected chi connectivity index (χ0v) is 12.1. The highest BCUT2D eigenvalue weighted by atomic mass is 16.5. The van der Waals surface area contributed by atoms with E-state index in [0.717, 1.165) is 26.2 Å². The van der Waals surface area contributed by atoms with Crippen molar-refractivity contribution in [2.24, 2.45) is 0 Å². The van der Waals surface area contributed by atoms with Gasteiger partial charge in [0.05, 0.1) is 6.61 Å². The lowest BCUT2D eigenvalue weighted by atomic mass is 10.1. The Morgan fingerprint density at radius 2 is 2.06 bits per heavy atom. The van der Waals surface area contributed by atoms with Gasteiger partial charge in [0.2, 0.25) is 0 Å². The van der Waals surface area contributed by atoms with E-state index in [1.54, 1.807) is 7.11 Å². The number of hydrogen-bond acceptors (Lipinski definition) is 3. The molecule has 0 bridgehead atoms. The van der Waals surface area contributed by atoms with Crippen LogP contribution in [-0.2, 0) is 17.8 Å². The van der Waals surface area contributed by atoms with E-state index < -0.39 is 0 Å². The monoisotopic (exact) mass is 250 g/mol. The van der Waals surface area contributed by atoms with Crippen molar-refractivity contribution in [3.05, 3.63) is 35.4 Å². The van der Waals surface area contributed by atoms with E-state index in [0.29, 0.717) is 6.04 Å². The summed E-state index contributed by atoms with van der Waals surface area (Å²) in [5, 5.41) is 3.19. The van der Waals surface area contributed by atoms with Crippen LogP contribution in [0.4, 0.5) is 0 Å². The summed E-state index contributed by atoms with van der Waals surface area (Å²) >= 11 is 0. The third kappa shape index (κ3) is 4.77. The van der Waals surface area contributed by atoms with Gasteiger partial charge in [-0.25, -0.2) is 0 Å². The quantitative estimate of drug-likeness (QED) is 0.766. The Hall–Kier alpha value is -0.900. The third-order valence-electron chi connectivity index (χ3n) is 3.20. The number of hydrogen-bond donors (Lipinski definition) is 1. The lowest BCUT2D eigenvalue weighted by Crippen LogP contribution is -2.35. The molecule has 0 saturated carbocycles. The molecule has 18 heavy (non-hydrogen) atoms. The molecular formula is C15H26N2O. The summed E-state index contributed by atoms with van der Waals surface area (Å²) in [7, 11) is 3.74. The van der Waals surface area contributed by atoms with Gasteiger partial charge in [-0.05, 0) is 31.6 Å². The van der Waals surface area contributed by atoms with Crippen LogP contribution in [0.2, 0.25) is 0 Å². The summed E-state index contributed by atoms with van der Waals surface area (Å²) in [4.78, 5) is 2.43. The van der Waals surface area contributed by atoms with Gasteiger partial charge < -0.3 is 10.1 Å². The zero-order chi connectivity index (χ0) is 13.4. The molecular weight excluding hydrogens is 224 g/mol. The van der Waals surface area contributed by atoms with Crippen molar-refractivity contribution in [3.8, 4) is 0 Å². The van der Waals surface area contributed by atoms with Gasteiger partial charge >= 0.3 is 0 Å². The number of rotatable bonds is 8. The third-order valence-corrected chi connectivity index (χ3v) is 3.20. The molecule has 0 aromatic heterocycles. The summed E-state index contributed by atoms with van der Waals surface area (Å²) in [6.45, 7) is 8.14. The molecule has 1 N–H and O–H groups in total. The Morgan fingerprint density at radius 1 is 1.33 bits per heavy atom. The van der Waals surface area contributed by atoms with Crippen LogP contribution in [0, 0.1) is 0 Å². The van der Waals surface area contributed by atoms with Crippen LogP contribution in [0.25, 0.3) is 0 Å². The largest absolute Gasteiger partial charge is 0.383 e. The van der Waals surface area contributed by atoms with E-state index in [1.807, 2.05) is 7.05 Å². The first kappa shape index (κ1) is 15.2. The van der Waals surface area contributed by atoms with E-state index in [2.05, 4.69) is 48.3 Å². The second-order valence-corrected chi connectivity index (χ2v) is 4.72. The molecule has 0 spiro atoms. The fourth-order valence-electron chi connectivity index (χ4n) is 2.20. The second-order valence-electron chi connectivity index (χ2n) is 4.72. The van der Waals surface area contributed by atoms with Crippen molar-refractivity contribution < 1.29 is 4.74 Å². The Bertz CT molecular complexity index is 341. The SMILES string of the molecule is CCN(Cc1cccc(CNC)c1)C(C)COC. The van der Waals surface area contributed by atoms with Crippen LogP contribution in [0.3, 0.4) is 0 Å². The van der Waals surface area contributed by atoms with Crippen LogP contribution >= 0.6 is 0 Å². The zero-order valence-electron chi connectivity index (χ0n) is 12.1. The van der Waals surface area contributed by atoms with E-state index in [1.165, 1.54) is 11.1 Å². The number of benzene rings is 1. The molecule has 0 saturated heterocycles. The number of likely N-dealkylation sites (N-methyl/N-ethyl adjacent to an activating group) is 1. The topological polar surface area (TPSA) is 24.5 Å². The molecule has 1 atom stereocenters. The molecule has 102 valence electrons. The molecule has 3 heteroatoms. The first-order valence-electron chi connectivity index (χ1n) is 6.66. The molecule has 1 rings (SSSR count). The van der Waals surface area contributed by atoms with Gasteiger partial charge in [-0.3, -0.25) is 4.90 Å². The van der Waals surface area contributed by atoms with Crippen molar-refractivity contribution >= 4 is 0 Å². The maximum absolute atomic E-state index is 5.23.